The Hall–Kier alpha value is -2.69. The zero-order valence-corrected chi connectivity index (χ0v) is 16.1. The molecule has 0 spiro atoms. The number of nitrogens with zero attached hydrogens (tertiary/aromatic N) is 2. The van der Waals surface area contributed by atoms with Crippen molar-refractivity contribution in [3.05, 3.63) is 83.4 Å². The van der Waals surface area contributed by atoms with E-state index in [1.807, 2.05) is 63.5 Å². The van der Waals surface area contributed by atoms with E-state index in [-0.39, 0.29) is 12.7 Å². The van der Waals surface area contributed by atoms with Crippen molar-refractivity contribution in [1.29, 1.82) is 0 Å². The van der Waals surface area contributed by atoms with Crippen molar-refractivity contribution < 1.29 is 9.94 Å². The van der Waals surface area contributed by atoms with Gasteiger partial charge in [-0.1, -0.05) is 71.9 Å². The van der Waals surface area contributed by atoms with Gasteiger partial charge >= 0.3 is 0 Å². The van der Waals surface area contributed by atoms with Gasteiger partial charge in [0.15, 0.2) is 0 Å². The van der Waals surface area contributed by atoms with Crippen molar-refractivity contribution >= 4 is 16.5 Å². The Kier molecular flexibility index (Phi) is 6.22. The van der Waals surface area contributed by atoms with Crippen molar-refractivity contribution in [2.45, 2.75) is 19.6 Å². The Balaban J connectivity index is 2.05. The second-order valence-electron chi connectivity index (χ2n) is 7.00. The first-order valence-corrected chi connectivity index (χ1v) is 9.15. The van der Waals surface area contributed by atoms with E-state index in [2.05, 4.69) is 34.3 Å². The molecule has 4 heteroatoms. The molecule has 0 aliphatic carbocycles. The summed E-state index contributed by atoms with van der Waals surface area (Å²) in [4.78, 5) is 7.90. The summed E-state index contributed by atoms with van der Waals surface area (Å²) < 4.78 is 0. The summed E-state index contributed by atoms with van der Waals surface area (Å²) in [5, 5.41) is 16.2. The summed E-state index contributed by atoms with van der Waals surface area (Å²) in [7, 11) is 4.03. The van der Waals surface area contributed by atoms with E-state index >= 15 is 0 Å². The van der Waals surface area contributed by atoms with Crippen LogP contribution in [0.3, 0.4) is 0 Å². The number of fused-ring (bicyclic) bond motifs is 1. The number of hydrogen-bond donors (Lipinski definition) is 1. The molecule has 0 aliphatic heterocycles. The van der Waals surface area contributed by atoms with E-state index in [4.69, 9.17) is 4.84 Å². The van der Waals surface area contributed by atoms with E-state index < -0.39 is 0 Å². The monoisotopic (exact) mass is 362 g/mol. The maximum atomic E-state index is 9.33. The molecule has 0 fully saturated rings. The first-order valence-electron chi connectivity index (χ1n) is 9.15. The molecule has 0 bridgehead atoms. The summed E-state index contributed by atoms with van der Waals surface area (Å²) in [5.41, 5.74) is 3.65. The molecule has 3 aromatic rings. The van der Waals surface area contributed by atoms with Crippen LogP contribution in [0.1, 0.15) is 23.6 Å². The smallest absolute Gasteiger partial charge is 0.137 e. The Labute approximate surface area is 160 Å². The van der Waals surface area contributed by atoms with Gasteiger partial charge in [0.2, 0.25) is 0 Å². The fourth-order valence-corrected chi connectivity index (χ4v) is 3.15. The minimum Gasteiger partial charge on any atom is -0.392 e. The van der Waals surface area contributed by atoms with Crippen LogP contribution in [0.15, 0.2) is 71.9 Å². The number of hydrogen-bond acceptors (Lipinski definition) is 4. The van der Waals surface area contributed by atoms with Crippen molar-refractivity contribution in [2.75, 3.05) is 20.6 Å². The average molecular weight is 362 g/mol. The van der Waals surface area contributed by atoms with Crippen LogP contribution in [0, 0.1) is 0 Å². The molecule has 0 amide bonds. The highest BCUT2D eigenvalue weighted by Crippen LogP contribution is 2.23. The van der Waals surface area contributed by atoms with E-state index in [1.165, 1.54) is 0 Å². The fourth-order valence-electron chi connectivity index (χ4n) is 3.15. The summed E-state index contributed by atoms with van der Waals surface area (Å²) in [6.07, 6.45) is -0.0262. The van der Waals surface area contributed by atoms with Crippen LogP contribution >= 0.6 is 0 Å². The molecule has 27 heavy (non-hydrogen) atoms. The molecular weight excluding hydrogens is 336 g/mol. The molecule has 0 heterocycles. The van der Waals surface area contributed by atoms with Gasteiger partial charge in [-0.05, 0) is 37.4 Å². The van der Waals surface area contributed by atoms with E-state index in [0.717, 1.165) is 39.7 Å². The van der Waals surface area contributed by atoms with Gasteiger partial charge in [0, 0.05) is 17.7 Å². The average Bonchev–Trinajstić information content (AvgIpc) is 2.68. The van der Waals surface area contributed by atoms with Gasteiger partial charge in [-0.15, -0.1) is 0 Å². The maximum absolute atomic E-state index is 9.33. The van der Waals surface area contributed by atoms with Crippen LogP contribution in [0.2, 0.25) is 0 Å². The highest BCUT2D eigenvalue weighted by Gasteiger charge is 2.13. The zero-order chi connectivity index (χ0) is 19.2. The molecule has 0 saturated carbocycles. The molecule has 0 radical (unpaired) electrons. The molecule has 4 nitrogen and oxygen atoms in total. The third-order valence-corrected chi connectivity index (χ3v) is 4.40. The van der Waals surface area contributed by atoms with Crippen molar-refractivity contribution in [3.63, 3.8) is 0 Å². The highest BCUT2D eigenvalue weighted by molar-refractivity contribution is 6.19. The summed E-state index contributed by atoms with van der Waals surface area (Å²) in [6, 6.07) is 22.3. The number of oxime groups is 1. The largest absolute Gasteiger partial charge is 0.392 e. The molecule has 0 aliphatic rings. The molecule has 1 atom stereocenters. The van der Waals surface area contributed by atoms with Crippen molar-refractivity contribution in [3.8, 4) is 0 Å². The van der Waals surface area contributed by atoms with Crippen LogP contribution in [-0.2, 0) is 11.4 Å². The number of aliphatic hydroxyl groups excluding tert-OH is 1. The van der Waals surface area contributed by atoms with Gasteiger partial charge in [0.1, 0.15) is 11.8 Å². The molecule has 3 rings (SSSR count). The topological polar surface area (TPSA) is 45.1 Å². The lowest BCUT2D eigenvalue weighted by molar-refractivity contribution is 0.0537. The Morgan fingerprint density at radius 3 is 2.41 bits per heavy atom. The lowest BCUT2D eigenvalue weighted by Gasteiger charge is -2.17. The normalized spacial score (nSPS) is 13.1. The van der Waals surface area contributed by atoms with Gasteiger partial charge in [-0.3, -0.25) is 0 Å². The van der Waals surface area contributed by atoms with Crippen LogP contribution < -0.4 is 0 Å². The zero-order valence-electron chi connectivity index (χ0n) is 16.1. The van der Waals surface area contributed by atoms with Gasteiger partial charge in [0.05, 0.1) is 6.61 Å². The summed E-state index contributed by atoms with van der Waals surface area (Å²) in [5.74, 6) is 0. The minimum atomic E-state index is -0.0262. The number of benzene rings is 3. The lowest BCUT2D eigenvalue weighted by atomic mass is 9.96. The summed E-state index contributed by atoms with van der Waals surface area (Å²) >= 11 is 0. The van der Waals surface area contributed by atoms with Crippen LogP contribution in [-0.4, -0.2) is 42.5 Å². The highest BCUT2D eigenvalue weighted by atomic mass is 16.6. The molecule has 1 unspecified atom stereocenters. The van der Waals surface area contributed by atoms with Crippen molar-refractivity contribution in [1.82, 2.24) is 4.90 Å². The van der Waals surface area contributed by atoms with Crippen LogP contribution in [0.4, 0.5) is 0 Å². The SMILES string of the molecule is CC(CN(C)C)O/N=C(/c1ccc(CO)cc1)c1cccc2ccccc12. The Bertz CT molecular complexity index is 912. The Morgan fingerprint density at radius 2 is 1.70 bits per heavy atom. The van der Waals surface area contributed by atoms with Gasteiger partial charge < -0.3 is 14.8 Å². The number of aliphatic hydroxyl groups is 1. The first kappa shape index (κ1) is 19.1. The number of rotatable bonds is 7. The maximum Gasteiger partial charge on any atom is 0.137 e. The van der Waals surface area contributed by atoms with Gasteiger partial charge in [-0.2, -0.15) is 0 Å². The third-order valence-electron chi connectivity index (χ3n) is 4.40. The predicted octanol–water partition coefficient (Wildman–Crippen LogP) is 4.05. The Morgan fingerprint density at radius 1 is 1.00 bits per heavy atom. The predicted molar refractivity (Wildman–Crippen MR) is 111 cm³/mol. The van der Waals surface area contributed by atoms with Gasteiger partial charge in [-0.25, -0.2) is 0 Å². The summed E-state index contributed by atoms with van der Waals surface area (Å²) in [6.45, 7) is 2.83. The molecule has 140 valence electrons. The third kappa shape index (κ3) is 4.73. The van der Waals surface area contributed by atoms with E-state index in [1.54, 1.807) is 0 Å². The molecule has 3 aromatic carbocycles. The minimum absolute atomic E-state index is 0.0252. The molecule has 0 saturated heterocycles. The quantitative estimate of drug-likeness (QED) is 0.509. The second kappa shape index (κ2) is 8.80. The first-order chi connectivity index (χ1) is 13.1. The molecule has 0 aromatic heterocycles. The van der Waals surface area contributed by atoms with Crippen LogP contribution in [0.5, 0.6) is 0 Å². The van der Waals surface area contributed by atoms with E-state index in [9.17, 15) is 5.11 Å². The standard InChI is InChI=1S/C23H26N2O2/c1-17(15-25(2)3)27-24-23(20-13-11-18(16-26)12-14-20)22-10-6-8-19-7-4-5-9-21(19)22/h4-14,17,26H,15-16H2,1-3H3/b24-23-. The second-order valence-corrected chi connectivity index (χ2v) is 7.00. The molecule has 1 N–H and O–H groups in total. The van der Waals surface area contributed by atoms with Crippen LogP contribution in [0.25, 0.3) is 10.8 Å². The van der Waals surface area contributed by atoms with Crippen molar-refractivity contribution in [2.24, 2.45) is 5.16 Å². The molecular formula is C23H26N2O2. The fraction of sp³-hybridized carbons (Fsp3) is 0.261. The number of likely N-dealkylation sites (N-methyl/N-ethyl adjacent to an activating group) is 1. The van der Waals surface area contributed by atoms with Gasteiger partial charge in [0.25, 0.3) is 0 Å². The van der Waals surface area contributed by atoms with E-state index in [0.29, 0.717) is 0 Å². The lowest BCUT2D eigenvalue weighted by Crippen LogP contribution is -2.25.